The molecular weight excluding hydrogens is 402 g/mol. The third-order valence-corrected chi connectivity index (χ3v) is 7.39. The van der Waals surface area contributed by atoms with Crippen molar-refractivity contribution in [2.24, 2.45) is 23.7 Å². The Labute approximate surface area is 193 Å². The summed E-state index contributed by atoms with van der Waals surface area (Å²) in [5.74, 6) is -0.293. The number of hydrogen-bond donors (Lipinski definition) is 1. The minimum atomic E-state index is -0.781. The molecule has 1 aliphatic carbocycles. The van der Waals surface area contributed by atoms with Gasteiger partial charge in [0.1, 0.15) is 5.60 Å². The van der Waals surface area contributed by atoms with Gasteiger partial charge in [0.25, 0.3) is 0 Å². The number of cyclic esters (lactones) is 1. The van der Waals surface area contributed by atoms with Crippen LogP contribution in [0.2, 0.25) is 0 Å². The van der Waals surface area contributed by atoms with Crippen molar-refractivity contribution in [2.45, 2.75) is 97.3 Å². The van der Waals surface area contributed by atoms with Crippen molar-refractivity contribution in [3.63, 3.8) is 0 Å². The van der Waals surface area contributed by atoms with Gasteiger partial charge in [-0.15, -0.1) is 0 Å². The van der Waals surface area contributed by atoms with Crippen molar-refractivity contribution in [2.75, 3.05) is 0 Å². The molecule has 1 N–H and O–H groups in total. The van der Waals surface area contributed by atoms with E-state index in [1.807, 2.05) is 58.0 Å². The van der Waals surface area contributed by atoms with Crippen LogP contribution in [0, 0.1) is 23.7 Å². The maximum Gasteiger partial charge on any atom is 0.417 e. The largest absolute Gasteiger partial charge is 0.441 e. The molecule has 5 heteroatoms. The maximum atomic E-state index is 13.7. The molecule has 0 bridgehead atoms. The molecule has 1 aromatic carbocycles. The average Bonchev–Trinajstić information content (AvgIpc) is 3.46. The van der Waals surface area contributed by atoms with Crippen LogP contribution < -0.4 is 0 Å². The van der Waals surface area contributed by atoms with Gasteiger partial charge in [0.05, 0.1) is 18.1 Å². The smallest absolute Gasteiger partial charge is 0.417 e. The highest BCUT2D eigenvalue weighted by molar-refractivity contribution is 5.95. The normalized spacial score (nSPS) is 26.2. The summed E-state index contributed by atoms with van der Waals surface area (Å²) in [4.78, 5) is 27.9. The third-order valence-electron chi connectivity index (χ3n) is 7.39. The molecule has 2 aliphatic rings. The zero-order valence-corrected chi connectivity index (χ0v) is 20.4. The maximum absolute atomic E-state index is 13.7. The Bertz CT molecular complexity index is 775. The lowest BCUT2D eigenvalue weighted by Gasteiger charge is -2.33. The standard InChI is InChI=1S/C27H41NO4/c1-6-7-8-12-15-20-17-21(20)24(29)23(18(2)3)25(30)28-22(27(4,5)32-26(28)31)16-19-13-10-9-11-14-19/h9-11,13-14,18,20-24,29H,6-8,12,15-17H2,1-5H3/t20-,21-,22-,23-,24+/m1/s1. The summed E-state index contributed by atoms with van der Waals surface area (Å²) in [7, 11) is 0. The fourth-order valence-corrected chi connectivity index (χ4v) is 5.31. The predicted molar refractivity (Wildman–Crippen MR) is 126 cm³/mol. The molecule has 2 amide bonds. The van der Waals surface area contributed by atoms with Gasteiger partial charge in [-0.3, -0.25) is 4.79 Å². The van der Waals surface area contributed by atoms with Gasteiger partial charge >= 0.3 is 6.09 Å². The van der Waals surface area contributed by atoms with E-state index < -0.39 is 29.8 Å². The minimum Gasteiger partial charge on any atom is -0.441 e. The van der Waals surface area contributed by atoms with Gasteiger partial charge < -0.3 is 9.84 Å². The van der Waals surface area contributed by atoms with E-state index in [1.54, 1.807) is 0 Å². The first kappa shape index (κ1) is 24.8. The molecule has 0 unspecified atom stereocenters. The van der Waals surface area contributed by atoms with E-state index in [2.05, 4.69) is 6.92 Å². The van der Waals surface area contributed by atoms with Crippen LogP contribution in [0.5, 0.6) is 0 Å². The summed E-state index contributed by atoms with van der Waals surface area (Å²) in [5, 5.41) is 11.2. The molecule has 1 heterocycles. The average molecular weight is 444 g/mol. The van der Waals surface area contributed by atoms with Crippen LogP contribution >= 0.6 is 0 Å². The molecule has 5 atom stereocenters. The summed E-state index contributed by atoms with van der Waals surface area (Å²) in [6.45, 7) is 9.85. The van der Waals surface area contributed by atoms with Crippen LogP contribution in [0.4, 0.5) is 4.79 Å². The molecule has 1 aliphatic heterocycles. The molecule has 1 saturated heterocycles. The Morgan fingerprint density at radius 2 is 1.88 bits per heavy atom. The van der Waals surface area contributed by atoms with E-state index in [9.17, 15) is 14.7 Å². The molecule has 0 aromatic heterocycles. The fourth-order valence-electron chi connectivity index (χ4n) is 5.31. The Morgan fingerprint density at radius 1 is 1.19 bits per heavy atom. The molecule has 1 aromatic rings. The second kappa shape index (κ2) is 10.4. The Hall–Kier alpha value is -1.88. The lowest BCUT2D eigenvalue weighted by molar-refractivity contribution is -0.140. The van der Waals surface area contributed by atoms with Gasteiger partial charge in [0, 0.05) is 0 Å². The lowest BCUT2D eigenvalue weighted by atomic mass is 9.84. The van der Waals surface area contributed by atoms with Crippen molar-refractivity contribution in [1.29, 1.82) is 0 Å². The Kier molecular flexibility index (Phi) is 8.02. The molecule has 178 valence electrons. The molecule has 2 fully saturated rings. The van der Waals surface area contributed by atoms with Crippen molar-refractivity contribution in [3.8, 4) is 0 Å². The van der Waals surface area contributed by atoms with Gasteiger partial charge in [-0.05, 0) is 50.0 Å². The van der Waals surface area contributed by atoms with Gasteiger partial charge in [-0.2, -0.15) is 0 Å². The molecule has 0 radical (unpaired) electrons. The highest BCUT2D eigenvalue weighted by Crippen LogP contribution is 2.48. The number of imide groups is 1. The number of aliphatic hydroxyl groups is 1. The number of nitrogens with zero attached hydrogens (tertiary/aromatic N) is 1. The molecule has 1 saturated carbocycles. The van der Waals surface area contributed by atoms with Crippen LogP contribution in [0.1, 0.15) is 78.7 Å². The minimum absolute atomic E-state index is 0.0623. The van der Waals surface area contributed by atoms with Crippen molar-refractivity contribution < 1.29 is 19.4 Å². The Morgan fingerprint density at radius 3 is 2.50 bits per heavy atom. The molecular formula is C27H41NO4. The fraction of sp³-hybridized carbons (Fsp3) is 0.704. The van der Waals surface area contributed by atoms with E-state index in [4.69, 9.17) is 4.74 Å². The zero-order valence-electron chi connectivity index (χ0n) is 20.4. The first-order valence-corrected chi connectivity index (χ1v) is 12.4. The summed E-state index contributed by atoms with van der Waals surface area (Å²) in [6.07, 6.45) is 6.22. The quantitative estimate of drug-likeness (QED) is 0.452. The first-order chi connectivity index (χ1) is 15.2. The number of rotatable bonds is 11. The van der Waals surface area contributed by atoms with Crippen LogP contribution in [0.3, 0.4) is 0 Å². The SMILES string of the molecule is CCCCCC[C@@H]1C[C@H]1[C@H](O)[C@H](C(=O)N1C(=O)OC(C)(C)[C@H]1Cc1ccccc1)C(C)C. The summed E-state index contributed by atoms with van der Waals surface area (Å²) in [5.41, 5.74) is 0.272. The van der Waals surface area contributed by atoms with E-state index in [0.29, 0.717) is 12.3 Å². The number of unbranched alkanes of at least 4 members (excludes halogenated alkanes) is 3. The van der Waals surface area contributed by atoms with Gasteiger partial charge in [-0.1, -0.05) is 83.2 Å². The summed E-state index contributed by atoms with van der Waals surface area (Å²) >= 11 is 0. The molecule has 32 heavy (non-hydrogen) atoms. The lowest BCUT2D eigenvalue weighted by Crippen LogP contribution is -2.51. The highest BCUT2D eigenvalue weighted by Gasteiger charge is 2.55. The zero-order chi connectivity index (χ0) is 23.5. The van der Waals surface area contributed by atoms with Crippen molar-refractivity contribution >= 4 is 12.0 Å². The number of carbonyl (C=O) groups is 2. The van der Waals surface area contributed by atoms with Crippen LogP contribution in [0.25, 0.3) is 0 Å². The van der Waals surface area contributed by atoms with E-state index in [1.165, 1.54) is 30.6 Å². The van der Waals surface area contributed by atoms with E-state index in [-0.39, 0.29) is 17.7 Å². The van der Waals surface area contributed by atoms with Gasteiger partial charge in [0.2, 0.25) is 5.91 Å². The van der Waals surface area contributed by atoms with Gasteiger partial charge in [0.15, 0.2) is 0 Å². The summed E-state index contributed by atoms with van der Waals surface area (Å²) < 4.78 is 5.63. The number of ether oxygens (including phenoxy) is 1. The number of benzene rings is 1. The number of aliphatic hydroxyl groups excluding tert-OH is 1. The van der Waals surface area contributed by atoms with Crippen LogP contribution in [-0.2, 0) is 16.0 Å². The number of hydrogen-bond acceptors (Lipinski definition) is 4. The Balaban J connectivity index is 1.73. The molecule has 5 nitrogen and oxygen atoms in total. The molecule has 0 spiro atoms. The second-order valence-corrected chi connectivity index (χ2v) is 10.7. The van der Waals surface area contributed by atoms with E-state index in [0.717, 1.165) is 18.4 Å². The number of amides is 2. The first-order valence-electron chi connectivity index (χ1n) is 12.4. The van der Waals surface area contributed by atoms with Crippen LogP contribution in [0.15, 0.2) is 30.3 Å². The molecule has 3 rings (SSSR count). The number of carbonyl (C=O) groups excluding carboxylic acids is 2. The predicted octanol–water partition coefficient (Wildman–Crippen LogP) is 5.59. The topological polar surface area (TPSA) is 66.8 Å². The van der Waals surface area contributed by atoms with Crippen molar-refractivity contribution in [3.05, 3.63) is 35.9 Å². The monoisotopic (exact) mass is 443 g/mol. The van der Waals surface area contributed by atoms with Crippen molar-refractivity contribution in [1.82, 2.24) is 4.90 Å². The van der Waals surface area contributed by atoms with E-state index >= 15 is 0 Å². The van der Waals surface area contributed by atoms with Crippen LogP contribution in [-0.4, -0.2) is 39.8 Å². The van der Waals surface area contributed by atoms with Gasteiger partial charge in [-0.25, -0.2) is 9.69 Å². The summed E-state index contributed by atoms with van der Waals surface area (Å²) in [6, 6.07) is 9.48. The second-order valence-electron chi connectivity index (χ2n) is 10.7. The third kappa shape index (κ3) is 5.54. The highest BCUT2D eigenvalue weighted by atomic mass is 16.6.